The molecule has 2 fully saturated rings. The van der Waals surface area contributed by atoms with E-state index in [-0.39, 0.29) is 11.6 Å². The summed E-state index contributed by atoms with van der Waals surface area (Å²) in [4.78, 5) is 21.4. The molecule has 164 valence electrons. The SMILES string of the molecule is COCCn1nnnc1C(c1cc2cccc(C)c2[nH]c1=O)N1CCN2CCCC2C1. The number of hydrogen-bond acceptors (Lipinski definition) is 7. The van der Waals surface area contributed by atoms with Gasteiger partial charge in [0.15, 0.2) is 5.82 Å². The van der Waals surface area contributed by atoms with Crippen LogP contribution in [0.4, 0.5) is 0 Å². The van der Waals surface area contributed by atoms with Crippen molar-refractivity contribution in [1.82, 2.24) is 35.0 Å². The van der Waals surface area contributed by atoms with Crippen LogP contribution in [0, 0.1) is 6.92 Å². The lowest BCUT2D eigenvalue weighted by molar-refractivity contribution is 0.0781. The van der Waals surface area contributed by atoms with E-state index in [1.165, 1.54) is 19.4 Å². The Morgan fingerprint density at radius 1 is 1.29 bits per heavy atom. The molecule has 1 aromatic carbocycles. The lowest BCUT2D eigenvalue weighted by Gasteiger charge is -2.41. The van der Waals surface area contributed by atoms with Crippen LogP contribution in [0.2, 0.25) is 0 Å². The van der Waals surface area contributed by atoms with Gasteiger partial charge in [-0.2, -0.15) is 0 Å². The van der Waals surface area contributed by atoms with Crippen molar-refractivity contribution in [2.24, 2.45) is 0 Å². The Kier molecular flexibility index (Phi) is 5.56. The van der Waals surface area contributed by atoms with Gasteiger partial charge in [0.2, 0.25) is 0 Å². The molecule has 0 saturated carbocycles. The summed E-state index contributed by atoms with van der Waals surface area (Å²) in [7, 11) is 1.66. The van der Waals surface area contributed by atoms with Gasteiger partial charge < -0.3 is 9.72 Å². The molecule has 1 N–H and O–H groups in total. The van der Waals surface area contributed by atoms with Gasteiger partial charge in [-0.3, -0.25) is 14.6 Å². The number of nitrogens with one attached hydrogen (secondary N) is 1. The first-order chi connectivity index (χ1) is 15.2. The number of H-pyrrole nitrogens is 1. The summed E-state index contributed by atoms with van der Waals surface area (Å²) in [6, 6.07) is 8.32. The maximum Gasteiger partial charge on any atom is 0.253 e. The highest BCUT2D eigenvalue weighted by molar-refractivity contribution is 5.82. The molecule has 4 heterocycles. The number of ether oxygens (including phenoxy) is 1. The second kappa shape index (κ2) is 8.49. The molecule has 2 saturated heterocycles. The van der Waals surface area contributed by atoms with Gasteiger partial charge in [0.1, 0.15) is 6.04 Å². The Hall–Kier alpha value is -2.62. The molecule has 2 atom stereocenters. The molecule has 9 nitrogen and oxygen atoms in total. The fourth-order valence-corrected chi connectivity index (χ4v) is 5.10. The molecule has 2 aromatic heterocycles. The predicted molar refractivity (Wildman–Crippen MR) is 117 cm³/mol. The molecule has 9 heteroatoms. The molecule has 2 unspecified atom stereocenters. The van der Waals surface area contributed by atoms with Gasteiger partial charge in [0.25, 0.3) is 5.56 Å². The van der Waals surface area contributed by atoms with E-state index in [9.17, 15) is 4.79 Å². The van der Waals surface area contributed by atoms with Crippen molar-refractivity contribution >= 4 is 10.9 Å². The first-order valence-electron chi connectivity index (χ1n) is 11.0. The van der Waals surface area contributed by atoms with Crippen molar-refractivity contribution in [3.63, 3.8) is 0 Å². The highest BCUT2D eigenvalue weighted by Crippen LogP contribution is 2.31. The van der Waals surface area contributed by atoms with Crippen molar-refractivity contribution in [3.8, 4) is 0 Å². The molecule has 0 aliphatic carbocycles. The van der Waals surface area contributed by atoms with E-state index in [1.54, 1.807) is 11.8 Å². The number of fused-ring (bicyclic) bond motifs is 2. The van der Waals surface area contributed by atoms with Crippen molar-refractivity contribution in [3.05, 3.63) is 51.6 Å². The third-order valence-corrected chi connectivity index (χ3v) is 6.71. The summed E-state index contributed by atoms with van der Waals surface area (Å²) in [5, 5.41) is 13.5. The standard InChI is InChI=1S/C22H29N7O2/c1-15-5-3-6-16-13-18(22(30)23-19(15)16)20(21-24-25-26-29(21)11-12-31-2)28-10-9-27-8-4-7-17(27)14-28/h3,5-6,13,17,20H,4,7-12,14H2,1-2H3,(H,23,30). The molecule has 2 aliphatic heterocycles. The van der Waals surface area contributed by atoms with Crippen molar-refractivity contribution in [2.45, 2.75) is 38.4 Å². The van der Waals surface area contributed by atoms with Gasteiger partial charge in [-0.15, -0.1) is 5.10 Å². The number of nitrogens with zero attached hydrogens (tertiary/aromatic N) is 6. The zero-order chi connectivity index (χ0) is 21.4. The van der Waals surface area contributed by atoms with Gasteiger partial charge in [-0.1, -0.05) is 18.2 Å². The largest absolute Gasteiger partial charge is 0.383 e. The van der Waals surface area contributed by atoms with Gasteiger partial charge in [0.05, 0.1) is 18.7 Å². The van der Waals surface area contributed by atoms with Crippen LogP contribution in [0.15, 0.2) is 29.1 Å². The van der Waals surface area contributed by atoms with Gasteiger partial charge in [0, 0.05) is 38.3 Å². The smallest absolute Gasteiger partial charge is 0.253 e. The molecular formula is C22H29N7O2. The minimum atomic E-state index is -0.303. The topological polar surface area (TPSA) is 92.2 Å². The first kappa shape index (κ1) is 20.3. The monoisotopic (exact) mass is 423 g/mol. The minimum absolute atomic E-state index is 0.0815. The van der Waals surface area contributed by atoms with Crippen LogP contribution in [0.1, 0.15) is 35.8 Å². The van der Waals surface area contributed by atoms with Gasteiger partial charge in [-0.25, -0.2) is 4.68 Å². The summed E-state index contributed by atoms with van der Waals surface area (Å²) in [6.45, 7) is 7.03. The molecule has 31 heavy (non-hydrogen) atoms. The summed E-state index contributed by atoms with van der Waals surface area (Å²) in [5.74, 6) is 0.695. The average Bonchev–Trinajstić information content (AvgIpc) is 3.43. The summed E-state index contributed by atoms with van der Waals surface area (Å²) in [5.41, 5.74) is 2.55. The Morgan fingerprint density at radius 2 is 2.19 bits per heavy atom. The van der Waals surface area contributed by atoms with Crippen molar-refractivity contribution in [2.75, 3.05) is 39.9 Å². The minimum Gasteiger partial charge on any atom is -0.383 e. The molecule has 3 aromatic rings. The molecule has 2 aliphatic rings. The number of piperazine rings is 1. The fraction of sp³-hybridized carbons (Fsp3) is 0.545. The van der Waals surface area contributed by atoms with Crippen LogP contribution in [0.25, 0.3) is 10.9 Å². The normalized spacial score (nSPS) is 20.9. The van der Waals surface area contributed by atoms with E-state index in [1.807, 2.05) is 31.2 Å². The van der Waals surface area contributed by atoms with Crippen LogP contribution >= 0.6 is 0 Å². The maximum absolute atomic E-state index is 13.3. The highest BCUT2D eigenvalue weighted by atomic mass is 16.5. The Labute approximate surface area is 181 Å². The van der Waals surface area contributed by atoms with Crippen LogP contribution in [-0.4, -0.2) is 80.9 Å². The molecular weight excluding hydrogens is 394 g/mol. The number of hydrogen-bond donors (Lipinski definition) is 1. The molecule has 0 radical (unpaired) electrons. The van der Waals surface area contributed by atoms with Crippen LogP contribution in [0.5, 0.6) is 0 Å². The Balaban J connectivity index is 1.61. The molecule has 0 amide bonds. The van der Waals surface area contributed by atoms with E-state index in [2.05, 4.69) is 30.3 Å². The Morgan fingerprint density at radius 3 is 3.06 bits per heavy atom. The number of aromatic amines is 1. The number of methoxy groups -OCH3 is 1. The summed E-state index contributed by atoms with van der Waals surface area (Å²) in [6.07, 6.45) is 2.44. The van der Waals surface area contributed by atoms with E-state index >= 15 is 0 Å². The van der Waals surface area contributed by atoms with Gasteiger partial charge >= 0.3 is 0 Å². The average molecular weight is 424 g/mol. The van der Waals surface area contributed by atoms with E-state index in [4.69, 9.17) is 4.74 Å². The second-order valence-electron chi connectivity index (χ2n) is 8.58. The predicted octanol–water partition coefficient (Wildman–Crippen LogP) is 1.34. The molecule has 0 bridgehead atoms. The van der Waals surface area contributed by atoms with E-state index in [0.29, 0.717) is 30.6 Å². The Bertz CT molecular complexity index is 1120. The van der Waals surface area contributed by atoms with Crippen molar-refractivity contribution < 1.29 is 4.74 Å². The van der Waals surface area contributed by atoms with Crippen LogP contribution in [-0.2, 0) is 11.3 Å². The number of aromatic nitrogens is 5. The number of benzene rings is 1. The number of tetrazole rings is 1. The highest BCUT2D eigenvalue weighted by Gasteiger charge is 2.37. The zero-order valence-corrected chi connectivity index (χ0v) is 18.1. The quantitative estimate of drug-likeness (QED) is 0.640. The second-order valence-corrected chi connectivity index (χ2v) is 8.58. The third-order valence-electron chi connectivity index (χ3n) is 6.71. The first-order valence-corrected chi connectivity index (χ1v) is 11.0. The van der Waals surface area contributed by atoms with Crippen LogP contribution in [0.3, 0.4) is 0 Å². The van der Waals surface area contributed by atoms with E-state index in [0.717, 1.165) is 36.1 Å². The lowest BCUT2D eigenvalue weighted by atomic mass is 10.00. The lowest BCUT2D eigenvalue weighted by Crippen LogP contribution is -2.52. The maximum atomic E-state index is 13.3. The number of rotatable bonds is 6. The summed E-state index contributed by atoms with van der Waals surface area (Å²) >= 11 is 0. The summed E-state index contributed by atoms with van der Waals surface area (Å²) < 4.78 is 7.02. The van der Waals surface area contributed by atoms with E-state index < -0.39 is 0 Å². The number of pyridine rings is 1. The zero-order valence-electron chi connectivity index (χ0n) is 18.1. The molecule has 5 rings (SSSR count). The van der Waals surface area contributed by atoms with Crippen molar-refractivity contribution in [1.29, 1.82) is 0 Å². The van der Waals surface area contributed by atoms with Crippen LogP contribution < -0.4 is 5.56 Å². The fourth-order valence-electron chi connectivity index (χ4n) is 5.10. The molecule has 0 spiro atoms. The number of aryl methyl sites for hydroxylation is 1. The van der Waals surface area contributed by atoms with Gasteiger partial charge in [-0.05, 0) is 53.8 Å². The number of para-hydroxylation sites is 1. The third kappa shape index (κ3) is 3.77.